The molecule has 0 saturated heterocycles. The molecule has 84 valence electrons. The van der Waals surface area contributed by atoms with E-state index in [1.165, 1.54) is 11.1 Å². The highest BCUT2D eigenvalue weighted by Gasteiger charge is 2.13. The molecule has 0 aliphatic carbocycles. The zero-order valence-electron chi connectivity index (χ0n) is 10.2. The zero-order chi connectivity index (χ0) is 11.5. The van der Waals surface area contributed by atoms with Crippen LogP contribution < -0.4 is 0 Å². The second-order valence-corrected chi connectivity index (χ2v) is 5.63. The van der Waals surface area contributed by atoms with Gasteiger partial charge in [0.15, 0.2) is 0 Å². The zero-order valence-corrected chi connectivity index (χ0v) is 10.9. The van der Waals surface area contributed by atoms with Gasteiger partial charge in [-0.25, -0.2) is 0 Å². The Bertz CT molecular complexity index is 292. The number of rotatable bonds is 3. The SMILES string of the molecule is CC(CCCl)c1ccc(C(C)(C)C)cc1. The molecule has 0 fully saturated rings. The van der Waals surface area contributed by atoms with Crippen molar-refractivity contribution < 1.29 is 0 Å². The molecule has 0 spiro atoms. The van der Waals surface area contributed by atoms with Crippen molar-refractivity contribution in [3.8, 4) is 0 Å². The van der Waals surface area contributed by atoms with Gasteiger partial charge >= 0.3 is 0 Å². The monoisotopic (exact) mass is 224 g/mol. The maximum absolute atomic E-state index is 5.75. The number of hydrogen-bond donors (Lipinski definition) is 0. The van der Waals surface area contributed by atoms with Crippen molar-refractivity contribution in [1.82, 2.24) is 0 Å². The van der Waals surface area contributed by atoms with Crippen molar-refractivity contribution in [2.75, 3.05) is 5.88 Å². The van der Waals surface area contributed by atoms with Crippen LogP contribution in [0, 0.1) is 0 Å². The molecule has 0 bridgehead atoms. The van der Waals surface area contributed by atoms with Gasteiger partial charge in [-0.1, -0.05) is 52.0 Å². The van der Waals surface area contributed by atoms with Crippen molar-refractivity contribution in [2.45, 2.75) is 45.4 Å². The highest BCUT2D eigenvalue weighted by Crippen LogP contribution is 2.25. The first-order valence-corrected chi connectivity index (χ1v) is 6.15. The van der Waals surface area contributed by atoms with E-state index in [-0.39, 0.29) is 5.41 Å². The first-order chi connectivity index (χ1) is 6.95. The number of halogens is 1. The summed E-state index contributed by atoms with van der Waals surface area (Å²) in [4.78, 5) is 0. The first kappa shape index (κ1) is 12.6. The Balaban J connectivity index is 2.81. The van der Waals surface area contributed by atoms with Gasteiger partial charge in [-0.15, -0.1) is 11.6 Å². The maximum atomic E-state index is 5.75. The standard InChI is InChI=1S/C14H21Cl/c1-11(9-10-15)12-5-7-13(8-6-12)14(2,3)4/h5-8,11H,9-10H2,1-4H3. The molecule has 0 N–H and O–H groups in total. The Hall–Kier alpha value is -0.490. The molecule has 0 radical (unpaired) electrons. The Kier molecular flexibility index (Phi) is 4.21. The summed E-state index contributed by atoms with van der Waals surface area (Å²) < 4.78 is 0. The molecule has 1 aromatic rings. The van der Waals surface area contributed by atoms with E-state index in [0.717, 1.165) is 12.3 Å². The third kappa shape index (κ3) is 3.53. The molecule has 15 heavy (non-hydrogen) atoms. The predicted octanol–water partition coefficient (Wildman–Crippen LogP) is 4.72. The molecule has 0 saturated carbocycles. The fraction of sp³-hybridized carbons (Fsp3) is 0.571. The largest absolute Gasteiger partial charge is 0.127 e. The van der Waals surface area contributed by atoms with Gasteiger partial charge < -0.3 is 0 Å². The van der Waals surface area contributed by atoms with E-state index >= 15 is 0 Å². The van der Waals surface area contributed by atoms with E-state index in [4.69, 9.17) is 11.6 Å². The quantitative estimate of drug-likeness (QED) is 0.652. The van der Waals surface area contributed by atoms with Crippen LogP contribution in [-0.2, 0) is 5.41 Å². The summed E-state index contributed by atoms with van der Waals surface area (Å²) in [6.07, 6.45) is 1.05. The van der Waals surface area contributed by atoms with Gasteiger partial charge in [0.05, 0.1) is 0 Å². The van der Waals surface area contributed by atoms with Gasteiger partial charge in [0.2, 0.25) is 0 Å². The summed E-state index contributed by atoms with van der Waals surface area (Å²) in [6, 6.07) is 8.94. The predicted molar refractivity (Wildman–Crippen MR) is 68.9 cm³/mol. The molecule has 1 heteroatoms. The van der Waals surface area contributed by atoms with Gasteiger partial charge in [0, 0.05) is 5.88 Å². The van der Waals surface area contributed by atoms with Crippen molar-refractivity contribution in [1.29, 1.82) is 0 Å². The molecule has 0 heterocycles. The summed E-state index contributed by atoms with van der Waals surface area (Å²) in [5.41, 5.74) is 3.03. The van der Waals surface area contributed by atoms with Crippen molar-refractivity contribution in [3.63, 3.8) is 0 Å². The van der Waals surface area contributed by atoms with Gasteiger partial charge in [-0.2, -0.15) is 0 Å². The normalized spacial score (nSPS) is 13.9. The van der Waals surface area contributed by atoms with Crippen molar-refractivity contribution in [2.24, 2.45) is 0 Å². The lowest BCUT2D eigenvalue weighted by atomic mass is 9.85. The molecule has 0 amide bonds. The van der Waals surface area contributed by atoms with Crippen LogP contribution in [0.3, 0.4) is 0 Å². The van der Waals surface area contributed by atoms with Crippen LogP contribution in [0.4, 0.5) is 0 Å². The molecule has 0 aliphatic rings. The Morgan fingerprint density at radius 2 is 1.67 bits per heavy atom. The Morgan fingerprint density at radius 1 is 1.13 bits per heavy atom. The molecule has 1 aromatic carbocycles. The first-order valence-electron chi connectivity index (χ1n) is 5.61. The Morgan fingerprint density at radius 3 is 2.07 bits per heavy atom. The van der Waals surface area contributed by atoms with Gasteiger partial charge in [0.1, 0.15) is 0 Å². The van der Waals surface area contributed by atoms with Crippen LogP contribution in [0.1, 0.15) is 51.2 Å². The molecule has 1 rings (SSSR count). The van der Waals surface area contributed by atoms with E-state index in [9.17, 15) is 0 Å². The minimum atomic E-state index is 0.244. The molecular formula is C14H21Cl. The van der Waals surface area contributed by atoms with Gasteiger partial charge in [-0.05, 0) is 28.9 Å². The molecule has 0 aliphatic heterocycles. The van der Waals surface area contributed by atoms with E-state index < -0.39 is 0 Å². The maximum Gasteiger partial charge on any atom is 0.0229 e. The van der Waals surface area contributed by atoms with Gasteiger partial charge in [0.25, 0.3) is 0 Å². The molecule has 0 nitrogen and oxygen atoms in total. The highest BCUT2D eigenvalue weighted by molar-refractivity contribution is 6.17. The third-order valence-corrected chi connectivity index (χ3v) is 3.11. The van der Waals surface area contributed by atoms with Crippen LogP contribution in [0.25, 0.3) is 0 Å². The molecule has 0 aromatic heterocycles. The minimum Gasteiger partial charge on any atom is -0.127 e. The summed E-state index contributed by atoms with van der Waals surface area (Å²) >= 11 is 5.75. The van der Waals surface area contributed by atoms with Crippen molar-refractivity contribution >= 4 is 11.6 Å². The van der Waals surface area contributed by atoms with Crippen LogP contribution in [0.2, 0.25) is 0 Å². The lowest BCUT2D eigenvalue weighted by Crippen LogP contribution is -2.10. The van der Waals surface area contributed by atoms with Crippen LogP contribution in [0.5, 0.6) is 0 Å². The lowest BCUT2D eigenvalue weighted by molar-refractivity contribution is 0.589. The average molecular weight is 225 g/mol. The molecule has 1 atom stereocenters. The van der Waals surface area contributed by atoms with Crippen LogP contribution in [-0.4, -0.2) is 5.88 Å². The van der Waals surface area contributed by atoms with E-state index in [0.29, 0.717) is 5.92 Å². The highest BCUT2D eigenvalue weighted by atomic mass is 35.5. The number of benzene rings is 1. The summed E-state index contributed by atoms with van der Waals surface area (Å²) in [5, 5.41) is 0. The van der Waals surface area contributed by atoms with Crippen LogP contribution in [0.15, 0.2) is 24.3 Å². The second-order valence-electron chi connectivity index (χ2n) is 5.25. The summed E-state index contributed by atoms with van der Waals surface area (Å²) in [5.74, 6) is 1.30. The molecular weight excluding hydrogens is 204 g/mol. The summed E-state index contributed by atoms with van der Waals surface area (Å²) in [7, 11) is 0. The minimum absolute atomic E-state index is 0.244. The second kappa shape index (κ2) is 5.03. The third-order valence-electron chi connectivity index (χ3n) is 2.89. The molecule has 1 unspecified atom stereocenters. The fourth-order valence-electron chi connectivity index (χ4n) is 1.64. The van der Waals surface area contributed by atoms with Gasteiger partial charge in [-0.3, -0.25) is 0 Å². The van der Waals surface area contributed by atoms with E-state index in [1.54, 1.807) is 0 Å². The van der Waals surface area contributed by atoms with Crippen LogP contribution >= 0.6 is 11.6 Å². The fourth-order valence-corrected chi connectivity index (χ4v) is 1.97. The van der Waals surface area contributed by atoms with Crippen molar-refractivity contribution in [3.05, 3.63) is 35.4 Å². The number of hydrogen-bond acceptors (Lipinski definition) is 0. The van der Waals surface area contributed by atoms with E-state index in [1.807, 2.05) is 0 Å². The topological polar surface area (TPSA) is 0 Å². The summed E-state index contributed by atoms with van der Waals surface area (Å²) in [6.45, 7) is 8.95. The van der Waals surface area contributed by atoms with E-state index in [2.05, 4.69) is 52.0 Å². The smallest absolute Gasteiger partial charge is 0.0229 e. The Labute approximate surface area is 98.7 Å². The average Bonchev–Trinajstić information content (AvgIpc) is 2.17. The number of alkyl halides is 1. The lowest BCUT2D eigenvalue weighted by Gasteiger charge is -2.20.